The third-order valence-electron chi connectivity index (χ3n) is 5.19. The lowest BCUT2D eigenvalue weighted by atomic mass is 9.73. The van der Waals surface area contributed by atoms with E-state index >= 15 is 0 Å². The van der Waals surface area contributed by atoms with Crippen LogP contribution >= 0.6 is 0 Å². The van der Waals surface area contributed by atoms with Crippen LogP contribution in [0.4, 0.5) is 5.82 Å². The van der Waals surface area contributed by atoms with Crippen LogP contribution in [0.15, 0.2) is 30.3 Å². The standard InChI is InChI=1S/C21H25N3O2/c1-15-4-6-19(25-3)17(12-15)21(8-10-26-11-9-21)14-23-20-7-5-16(2)18(13-22)24-20/h4-7,12H,8-11,14H2,1-3H3,(H,23,24). The van der Waals surface area contributed by atoms with E-state index in [0.29, 0.717) is 5.69 Å². The molecule has 0 amide bonds. The Bertz CT molecular complexity index is 820. The van der Waals surface area contributed by atoms with Gasteiger partial charge in [-0.2, -0.15) is 5.26 Å². The molecule has 1 N–H and O–H groups in total. The summed E-state index contributed by atoms with van der Waals surface area (Å²) >= 11 is 0. The van der Waals surface area contributed by atoms with Crippen molar-refractivity contribution in [2.75, 3.05) is 32.2 Å². The van der Waals surface area contributed by atoms with E-state index in [0.717, 1.165) is 49.7 Å². The monoisotopic (exact) mass is 351 g/mol. The molecular formula is C21H25N3O2. The van der Waals surface area contributed by atoms with Crippen molar-refractivity contribution in [2.45, 2.75) is 32.1 Å². The van der Waals surface area contributed by atoms with Gasteiger partial charge in [0.2, 0.25) is 0 Å². The summed E-state index contributed by atoms with van der Waals surface area (Å²) < 4.78 is 11.3. The van der Waals surface area contributed by atoms with Gasteiger partial charge in [0.05, 0.1) is 7.11 Å². The van der Waals surface area contributed by atoms with Crippen LogP contribution in [0.5, 0.6) is 5.75 Å². The number of aryl methyl sites for hydroxylation is 2. The summed E-state index contributed by atoms with van der Waals surface area (Å²) in [5.74, 6) is 1.64. The van der Waals surface area contributed by atoms with Gasteiger partial charge in [0.1, 0.15) is 23.3 Å². The van der Waals surface area contributed by atoms with Crippen LogP contribution in [0, 0.1) is 25.2 Å². The third-order valence-corrected chi connectivity index (χ3v) is 5.19. The van der Waals surface area contributed by atoms with Crippen LogP contribution in [0.1, 0.15) is 35.2 Å². The Kier molecular flexibility index (Phi) is 5.43. The maximum Gasteiger partial charge on any atom is 0.145 e. The van der Waals surface area contributed by atoms with Gasteiger partial charge in [-0.15, -0.1) is 0 Å². The molecule has 0 radical (unpaired) electrons. The molecular weight excluding hydrogens is 326 g/mol. The normalized spacial score (nSPS) is 15.9. The highest BCUT2D eigenvalue weighted by Gasteiger charge is 2.37. The molecule has 0 atom stereocenters. The molecule has 1 aliphatic rings. The van der Waals surface area contributed by atoms with E-state index in [1.165, 1.54) is 11.1 Å². The zero-order valence-corrected chi connectivity index (χ0v) is 15.6. The number of rotatable bonds is 5. The fraction of sp³-hybridized carbons (Fsp3) is 0.429. The van der Waals surface area contributed by atoms with Gasteiger partial charge in [0.25, 0.3) is 0 Å². The topological polar surface area (TPSA) is 67.2 Å². The number of hydrogen-bond donors (Lipinski definition) is 1. The smallest absolute Gasteiger partial charge is 0.145 e. The fourth-order valence-corrected chi connectivity index (χ4v) is 3.54. The van der Waals surface area contributed by atoms with Crippen molar-refractivity contribution in [1.82, 2.24) is 4.98 Å². The van der Waals surface area contributed by atoms with Crippen LogP contribution in [-0.2, 0) is 10.2 Å². The first-order valence-electron chi connectivity index (χ1n) is 8.92. The summed E-state index contributed by atoms with van der Waals surface area (Å²) in [5.41, 5.74) is 3.69. The van der Waals surface area contributed by atoms with Crippen LogP contribution in [0.3, 0.4) is 0 Å². The van der Waals surface area contributed by atoms with Gasteiger partial charge < -0.3 is 14.8 Å². The molecule has 0 aliphatic carbocycles. The lowest BCUT2D eigenvalue weighted by Gasteiger charge is -2.39. The summed E-state index contributed by atoms with van der Waals surface area (Å²) in [6.45, 7) is 6.17. The van der Waals surface area contributed by atoms with E-state index in [1.54, 1.807) is 7.11 Å². The summed E-state index contributed by atoms with van der Waals surface area (Å²) in [6.07, 6.45) is 1.83. The molecule has 0 saturated carbocycles. The van der Waals surface area contributed by atoms with Gasteiger partial charge in [-0.1, -0.05) is 23.8 Å². The Balaban J connectivity index is 1.92. The van der Waals surface area contributed by atoms with Crippen molar-refractivity contribution in [3.63, 3.8) is 0 Å². The van der Waals surface area contributed by atoms with Gasteiger partial charge in [0.15, 0.2) is 0 Å². The summed E-state index contributed by atoms with van der Waals surface area (Å²) in [6, 6.07) is 12.3. The average molecular weight is 351 g/mol. The molecule has 0 unspecified atom stereocenters. The number of aromatic nitrogens is 1. The van der Waals surface area contributed by atoms with Crippen molar-refractivity contribution >= 4 is 5.82 Å². The van der Waals surface area contributed by atoms with Crippen molar-refractivity contribution in [3.8, 4) is 11.8 Å². The molecule has 1 aromatic heterocycles. The molecule has 1 aliphatic heterocycles. The Morgan fingerprint density at radius 2 is 2.00 bits per heavy atom. The molecule has 2 heterocycles. The molecule has 5 heteroatoms. The van der Waals surface area contributed by atoms with Gasteiger partial charge in [-0.25, -0.2) is 4.98 Å². The zero-order chi connectivity index (χ0) is 18.6. The number of ether oxygens (including phenoxy) is 2. The highest BCUT2D eigenvalue weighted by atomic mass is 16.5. The highest BCUT2D eigenvalue weighted by molar-refractivity contribution is 5.47. The molecule has 136 valence electrons. The molecule has 1 aromatic carbocycles. The molecule has 26 heavy (non-hydrogen) atoms. The van der Waals surface area contributed by atoms with Crippen molar-refractivity contribution in [1.29, 1.82) is 5.26 Å². The Morgan fingerprint density at radius 1 is 1.23 bits per heavy atom. The van der Waals surface area contributed by atoms with Crippen LogP contribution in [0.25, 0.3) is 0 Å². The minimum absolute atomic E-state index is 0.0883. The van der Waals surface area contributed by atoms with Crippen molar-refractivity contribution in [3.05, 3.63) is 52.7 Å². The number of anilines is 1. The quantitative estimate of drug-likeness (QED) is 0.889. The Labute approximate surface area is 155 Å². The third kappa shape index (κ3) is 3.66. The van der Waals surface area contributed by atoms with Crippen LogP contribution in [-0.4, -0.2) is 31.9 Å². The number of nitrogens with one attached hydrogen (secondary N) is 1. The number of methoxy groups -OCH3 is 1. The van der Waals surface area contributed by atoms with E-state index < -0.39 is 0 Å². The average Bonchev–Trinajstić information content (AvgIpc) is 2.68. The van der Waals surface area contributed by atoms with E-state index in [1.807, 2.05) is 25.1 Å². The molecule has 0 spiro atoms. The minimum atomic E-state index is -0.0883. The summed E-state index contributed by atoms with van der Waals surface area (Å²) in [5, 5.41) is 12.7. The Morgan fingerprint density at radius 3 is 2.69 bits per heavy atom. The second-order valence-electron chi connectivity index (χ2n) is 6.92. The second-order valence-corrected chi connectivity index (χ2v) is 6.92. The first kappa shape index (κ1) is 18.2. The number of nitrogens with zero attached hydrogens (tertiary/aromatic N) is 2. The van der Waals surface area contributed by atoms with Crippen LogP contribution < -0.4 is 10.1 Å². The van der Waals surface area contributed by atoms with E-state index in [-0.39, 0.29) is 5.41 Å². The lowest BCUT2D eigenvalue weighted by Crippen LogP contribution is -2.40. The van der Waals surface area contributed by atoms with Gasteiger partial charge in [-0.05, 0) is 44.4 Å². The molecule has 5 nitrogen and oxygen atoms in total. The number of hydrogen-bond acceptors (Lipinski definition) is 5. The van der Waals surface area contributed by atoms with E-state index in [2.05, 4.69) is 35.4 Å². The second kappa shape index (κ2) is 7.76. The predicted octanol–water partition coefficient (Wildman–Crippen LogP) is 3.74. The number of nitriles is 1. The lowest BCUT2D eigenvalue weighted by molar-refractivity contribution is 0.0535. The number of pyridine rings is 1. The van der Waals surface area contributed by atoms with Crippen molar-refractivity contribution < 1.29 is 9.47 Å². The number of benzene rings is 1. The van der Waals surface area contributed by atoms with Crippen LogP contribution in [0.2, 0.25) is 0 Å². The molecule has 3 rings (SSSR count). The summed E-state index contributed by atoms with van der Waals surface area (Å²) in [7, 11) is 1.72. The first-order chi connectivity index (χ1) is 12.6. The minimum Gasteiger partial charge on any atom is -0.496 e. The molecule has 2 aromatic rings. The maximum absolute atomic E-state index is 9.21. The predicted molar refractivity (Wildman–Crippen MR) is 102 cm³/mol. The summed E-state index contributed by atoms with van der Waals surface area (Å²) in [4.78, 5) is 4.43. The SMILES string of the molecule is COc1ccc(C)cc1C1(CNc2ccc(C)c(C#N)n2)CCOCC1. The van der Waals surface area contributed by atoms with E-state index in [4.69, 9.17) is 9.47 Å². The van der Waals surface area contributed by atoms with Gasteiger partial charge in [-0.3, -0.25) is 0 Å². The van der Waals surface area contributed by atoms with Crippen molar-refractivity contribution in [2.24, 2.45) is 0 Å². The highest BCUT2D eigenvalue weighted by Crippen LogP contribution is 2.40. The first-order valence-corrected chi connectivity index (χ1v) is 8.92. The van der Waals surface area contributed by atoms with Gasteiger partial charge in [0, 0.05) is 30.7 Å². The largest absolute Gasteiger partial charge is 0.496 e. The maximum atomic E-state index is 9.21. The fourth-order valence-electron chi connectivity index (χ4n) is 3.54. The van der Waals surface area contributed by atoms with E-state index in [9.17, 15) is 5.26 Å². The molecule has 1 fully saturated rings. The van der Waals surface area contributed by atoms with Gasteiger partial charge >= 0.3 is 0 Å². The molecule has 0 bridgehead atoms. The zero-order valence-electron chi connectivity index (χ0n) is 15.6. The molecule has 1 saturated heterocycles. The Hall–Kier alpha value is -2.58.